The van der Waals surface area contributed by atoms with Gasteiger partial charge in [-0.3, -0.25) is 0 Å². The number of aromatic nitrogens is 1. The molecule has 2 aromatic heterocycles. The van der Waals surface area contributed by atoms with Crippen molar-refractivity contribution >= 4 is 82.4 Å². The molecule has 0 N–H and O–H groups in total. The van der Waals surface area contributed by atoms with E-state index in [1.807, 2.05) is 0 Å². The number of nitrogens with zero attached hydrogens (tertiary/aromatic N) is 2. The van der Waals surface area contributed by atoms with Crippen molar-refractivity contribution in [2.75, 3.05) is 4.90 Å². The van der Waals surface area contributed by atoms with E-state index in [-0.39, 0.29) is 0 Å². The van der Waals surface area contributed by atoms with Crippen molar-refractivity contribution in [3.05, 3.63) is 243 Å². The van der Waals surface area contributed by atoms with E-state index in [1.165, 1.54) is 65.6 Å². The van der Waals surface area contributed by atoms with Gasteiger partial charge < -0.3 is 13.9 Å². The molecule has 0 saturated carbocycles. The Morgan fingerprint density at radius 1 is 0.338 bits per heavy atom. The molecule has 0 aliphatic rings. The number of fused-ring (bicyclic) bond motifs is 9. The zero-order valence-corrected chi connectivity index (χ0v) is 35.4. The maximum absolute atomic E-state index is 7.04. The molecule has 0 saturated heterocycles. The van der Waals surface area contributed by atoms with Crippen LogP contribution in [0.15, 0.2) is 247 Å². The lowest BCUT2D eigenvalue weighted by Gasteiger charge is -2.27. The van der Waals surface area contributed by atoms with Gasteiger partial charge in [0, 0.05) is 38.7 Å². The molecular weight excluding hydrogens is 789 g/mol. The van der Waals surface area contributed by atoms with Crippen LogP contribution in [0.2, 0.25) is 0 Å². The Bertz CT molecular complexity index is 3880. The summed E-state index contributed by atoms with van der Waals surface area (Å²) in [5, 5.41) is 9.61. The highest BCUT2D eigenvalue weighted by atomic mass is 16.3. The van der Waals surface area contributed by atoms with Crippen LogP contribution in [-0.2, 0) is 0 Å². The Balaban J connectivity index is 1.02. The Morgan fingerprint density at radius 2 is 0.877 bits per heavy atom. The lowest BCUT2D eigenvalue weighted by atomic mass is 9.93. The summed E-state index contributed by atoms with van der Waals surface area (Å²) in [5.74, 6) is 0. The fraction of sp³-hybridized carbons (Fsp3) is 0. The number of para-hydroxylation sites is 4. The van der Waals surface area contributed by atoms with Crippen LogP contribution in [-0.4, -0.2) is 4.57 Å². The van der Waals surface area contributed by atoms with Gasteiger partial charge >= 0.3 is 0 Å². The molecule has 0 fully saturated rings. The molecule has 0 aliphatic carbocycles. The molecule has 0 unspecified atom stereocenters. The second-order valence-corrected chi connectivity index (χ2v) is 16.8. The van der Waals surface area contributed by atoms with Crippen LogP contribution in [0.3, 0.4) is 0 Å². The van der Waals surface area contributed by atoms with Crippen LogP contribution in [0, 0.1) is 0 Å². The Labute approximate surface area is 376 Å². The monoisotopic (exact) mass is 828 g/mol. The third kappa shape index (κ3) is 5.97. The van der Waals surface area contributed by atoms with Gasteiger partial charge in [0.2, 0.25) is 0 Å². The first kappa shape index (κ1) is 36.9. The van der Waals surface area contributed by atoms with Crippen molar-refractivity contribution in [1.29, 1.82) is 0 Å². The van der Waals surface area contributed by atoms with Crippen molar-refractivity contribution in [2.24, 2.45) is 0 Å². The summed E-state index contributed by atoms with van der Waals surface area (Å²) < 4.78 is 9.45. The summed E-state index contributed by atoms with van der Waals surface area (Å²) in [6, 6.07) is 87.5. The van der Waals surface area contributed by atoms with Gasteiger partial charge in [-0.15, -0.1) is 0 Å². The molecule has 2 heterocycles. The molecule has 0 bridgehead atoms. The molecule has 11 aromatic carbocycles. The summed E-state index contributed by atoms with van der Waals surface area (Å²) in [4.78, 5) is 2.39. The Hall–Kier alpha value is -8.66. The largest absolute Gasteiger partial charge is 0.455 e. The molecule has 0 radical (unpaired) electrons. The molecule has 65 heavy (non-hydrogen) atoms. The van der Waals surface area contributed by atoms with Crippen LogP contribution in [0.5, 0.6) is 0 Å². The maximum Gasteiger partial charge on any atom is 0.145 e. The first-order chi connectivity index (χ1) is 32.3. The minimum absolute atomic E-state index is 0.849. The number of furan rings is 1. The first-order valence-electron chi connectivity index (χ1n) is 22.3. The van der Waals surface area contributed by atoms with Gasteiger partial charge in [0.25, 0.3) is 0 Å². The van der Waals surface area contributed by atoms with Gasteiger partial charge in [-0.25, -0.2) is 0 Å². The van der Waals surface area contributed by atoms with Crippen LogP contribution < -0.4 is 4.90 Å². The third-order valence-electron chi connectivity index (χ3n) is 13.2. The van der Waals surface area contributed by atoms with Gasteiger partial charge in [0.1, 0.15) is 11.2 Å². The molecule has 0 spiro atoms. The van der Waals surface area contributed by atoms with E-state index in [0.29, 0.717) is 0 Å². The average Bonchev–Trinajstić information content (AvgIpc) is 3.94. The van der Waals surface area contributed by atoms with Crippen LogP contribution in [0.4, 0.5) is 17.1 Å². The Morgan fingerprint density at radius 3 is 1.60 bits per heavy atom. The normalized spacial score (nSPS) is 11.7. The fourth-order valence-corrected chi connectivity index (χ4v) is 10.2. The smallest absolute Gasteiger partial charge is 0.145 e. The van der Waals surface area contributed by atoms with Crippen molar-refractivity contribution < 1.29 is 4.42 Å². The van der Waals surface area contributed by atoms with Gasteiger partial charge in [-0.05, 0) is 111 Å². The van der Waals surface area contributed by atoms with Crippen LogP contribution in [0.1, 0.15) is 0 Å². The maximum atomic E-state index is 7.04. The molecule has 13 aromatic rings. The van der Waals surface area contributed by atoms with E-state index in [9.17, 15) is 0 Å². The standard InChI is InChI=1S/C62H40N2O/c1-2-16-41(17-3-1)42-30-34-45(35-31-42)63(46-36-32-43(33-37-46)55-40-44-18-4-5-19-47(44)48-20-6-7-21-49(48)55)59-39-38-53(62-61(59)54-25-11-15-29-60(54)65-62)52-24-10-14-28-58(52)64-56-26-12-8-22-50(56)51-23-9-13-27-57(51)64/h1-40H. The van der Waals surface area contributed by atoms with E-state index >= 15 is 0 Å². The number of hydrogen-bond acceptors (Lipinski definition) is 2. The topological polar surface area (TPSA) is 21.3 Å². The summed E-state index contributed by atoms with van der Waals surface area (Å²) >= 11 is 0. The molecular formula is C62H40N2O. The summed E-state index contributed by atoms with van der Waals surface area (Å²) in [6.07, 6.45) is 0. The highest BCUT2D eigenvalue weighted by Gasteiger charge is 2.24. The lowest BCUT2D eigenvalue weighted by molar-refractivity contribution is 0.670. The van der Waals surface area contributed by atoms with E-state index in [2.05, 4.69) is 252 Å². The number of anilines is 3. The minimum Gasteiger partial charge on any atom is -0.455 e. The Kier molecular flexibility index (Phi) is 8.53. The van der Waals surface area contributed by atoms with Gasteiger partial charge in [-0.1, -0.05) is 176 Å². The highest BCUT2D eigenvalue weighted by molar-refractivity contribution is 6.18. The van der Waals surface area contributed by atoms with Crippen molar-refractivity contribution in [3.8, 4) is 39.1 Å². The lowest BCUT2D eigenvalue weighted by Crippen LogP contribution is -2.10. The van der Waals surface area contributed by atoms with E-state index in [1.54, 1.807) is 0 Å². The van der Waals surface area contributed by atoms with E-state index in [0.717, 1.165) is 55.8 Å². The molecule has 0 atom stereocenters. The van der Waals surface area contributed by atoms with Crippen molar-refractivity contribution in [1.82, 2.24) is 4.57 Å². The molecule has 3 heteroatoms. The predicted octanol–water partition coefficient (Wildman–Crippen LogP) is 17.5. The summed E-state index contributed by atoms with van der Waals surface area (Å²) in [5.41, 5.74) is 15.2. The number of hydrogen-bond donors (Lipinski definition) is 0. The second kappa shape index (κ2) is 15.0. The molecule has 0 amide bonds. The number of rotatable bonds is 7. The van der Waals surface area contributed by atoms with Gasteiger partial charge in [-0.2, -0.15) is 0 Å². The molecule has 304 valence electrons. The predicted molar refractivity (Wildman–Crippen MR) is 274 cm³/mol. The van der Waals surface area contributed by atoms with Crippen LogP contribution >= 0.6 is 0 Å². The van der Waals surface area contributed by atoms with Gasteiger partial charge in [0.15, 0.2) is 0 Å². The second-order valence-electron chi connectivity index (χ2n) is 16.8. The average molecular weight is 829 g/mol. The number of benzene rings is 11. The zero-order chi connectivity index (χ0) is 42.8. The van der Waals surface area contributed by atoms with Crippen LogP contribution in [0.25, 0.3) is 104 Å². The minimum atomic E-state index is 0.849. The summed E-state index contributed by atoms with van der Waals surface area (Å²) in [7, 11) is 0. The third-order valence-corrected chi connectivity index (χ3v) is 13.2. The van der Waals surface area contributed by atoms with Crippen molar-refractivity contribution in [2.45, 2.75) is 0 Å². The van der Waals surface area contributed by atoms with E-state index in [4.69, 9.17) is 4.42 Å². The first-order valence-corrected chi connectivity index (χ1v) is 22.3. The SMILES string of the molecule is c1ccc(-c2ccc(N(c3ccc(-c4cc5ccccc5c5ccccc45)cc3)c3ccc(-c4ccccc4-n4c5ccccc5c5ccccc54)c4oc5ccccc5c34)cc2)cc1. The quantitative estimate of drug-likeness (QED) is 0.149. The van der Waals surface area contributed by atoms with E-state index < -0.39 is 0 Å². The molecule has 13 rings (SSSR count). The zero-order valence-electron chi connectivity index (χ0n) is 35.4. The highest BCUT2D eigenvalue weighted by Crippen LogP contribution is 2.48. The molecule has 0 aliphatic heterocycles. The fourth-order valence-electron chi connectivity index (χ4n) is 10.2. The van der Waals surface area contributed by atoms with Crippen molar-refractivity contribution in [3.63, 3.8) is 0 Å². The summed E-state index contributed by atoms with van der Waals surface area (Å²) in [6.45, 7) is 0. The molecule has 3 nitrogen and oxygen atoms in total. The van der Waals surface area contributed by atoms with Gasteiger partial charge in [0.05, 0.1) is 27.8 Å².